The monoisotopic (exact) mass is 230 g/mol. The quantitative estimate of drug-likeness (QED) is 0.444. The van der Waals surface area contributed by atoms with Gasteiger partial charge in [0.1, 0.15) is 0 Å². The number of carbonyl (C=O) groups is 1. The third-order valence-electron chi connectivity index (χ3n) is 1.91. The fourth-order valence-corrected chi connectivity index (χ4v) is 1.14. The first-order valence-corrected chi connectivity index (χ1v) is 5.53. The number of rotatable bonds is 9. The molecule has 0 aliphatic carbocycles. The average molecular weight is 230 g/mol. The van der Waals surface area contributed by atoms with Crippen LogP contribution in [0.1, 0.15) is 20.3 Å². The lowest BCUT2D eigenvalue weighted by atomic mass is 10.2. The van der Waals surface area contributed by atoms with Crippen molar-refractivity contribution < 1.29 is 14.3 Å². The van der Waals surface area contributed by atoms with Gasteiger partial charge in [-0.1, -0.05) is 6.08 Å². The lowest BCUT2D eigenvalue weighted by molar-refractivity contribution is -0.141. The summed E-state index contributed by atoms with van der Waals surface area (Å²) in [5.74, 6) is -0.218. The van der Waals surface area contributed by atoms with E-state index >= 15 is 0 Å². The molecule has 0 spiro atoms. The minimum absolute atomic E-state index is 0.218. The molecule has 1 atom stereocenters. The molecule has 0 fully saturated rings. The highest BCUT2D eigenvalue weighted by molar-refractivity contribution is 5.81. The molecule has 0 saturated heterocycles. The number of carbonyl (C=O) groups excluding carboxylic acids is 1. The van der Waals surface area contributed by atoms with Crippen LogP contribution in [0.15, 0.2) is 12.7 Å². The molecule has 0 aliphatic rings. The van der Waals surface area contributed by atoms with Crippen LogP contribution >= 0.6 is 0 Å². The highest BCUT2D eigenvalue weighted by Crippen LogP contribution is 1.94. The molecule has 3 N–H and O–H groups in total. The molecule has 1 amide bonds. The van der Waals surface area contributed by atoms with E-state index in [0.717, 1.165) is 0 Å². The van der Waals surface area contributed by atoms with Crippen molar-refractivity contribution in [3.8, 4) is 0 Å². The van der Waals surface area contributed by atoms with Gasteiger partial charge in [-0.2, -0.15) is 0 Å². The summed E-state index contributed by atoms with van der Waals surface area (Å²) < 4.78 is 10.5. The summed E-state index contributed by atoms with van der Waals surface area (Å²) in [6, 6.07) is -0.554. The zero-order chi connectivity index (χ0) is 12.4. The zero-order valence-electron chi connectivity index (χ0n) is 10.1. The van der Waals surface area contributed by atoms with Gasteiger partial charge in [0.05, 0.1) is 12.6 Å². The van der Waals surface area contributed by atoms with E-state index in [1.165, 1.54) is 0 Å². The first kappa shape index (κ1) is 15.1. The minimum Gasteiger partial charge on any atom is -0.351 e. The summed E-state index contributed by atoms with van der Waals surface area (Å²) in [5.41, 5.74) is 5.60. The molecule has 0 aromatic rings. The van der Waals surface area contributed by atoms with Crippen LogP contribution in [0.4, 0.5) is 0 Å². The van der Waals surface area contributed by atoms with Crippen LogP contribution in [0, 0.1) is 0 Å². The second-order valence-electron chi connectivity index (χ2n) is 3.22. The fraction of sp³-hybridized carbons (Fsp3) is 0.727. The standard InChI is InChI=1S/C11H22N2O3/c1-4-7-9(12)11(14)13-8-10(15-5-2)16-6-3/h4,9-10H,1,5-8,12H2,2-3H3,(H,13,14). The van der Waals surface area contributed by atoms with E-state index in [9.17, 15) is 4.79 Å². The Labute approximate surface area is 97.0 Å². The number of nitrogens with one attached hydrogen (secondary N) is 1. The Morgan fingerprint density at radius 2 is 2.00 bits per heavy atom. The van der Waals surface area contributed by atoms with Crippen molar-refractivity contribution in [3.63, 3.8) is 0 Å². The third-order valence-corrected chi connectivity index (χ3v) is 1.91. The maximum absolute atomic E-state index is 11.5. The van der Waals surface area contributed by atoms with Crippen molar-refractivity contribution in [3.05, 3.63) is 12.7 Å². The molecular formula is C11H22N2O3. The van der Waals surface area contributed by atoms with Gasteiger partial charge in [0.2, 0.25) is 5.91 Å². The Morgan fingerprint density at radius 1 is 1.44 bits per heavy atom. The molecule has 1 unspecified atom stereocenters. The lowest BCUT2D eigenvalue weighted by Gasteiger charge is -2.18. The highest BCUT2D eigenvalue weighted by Gasteiger charge is 2.14. The molecular weight excluding hydrogens is 208 g/mol. The van der Waals surface area contributed by atoms with Crippen molar-refractivity contribution in [1.82, 2.24) is 5.32 Å². The predicted octanol–water partition coefficient (Wildman–Crippen LogP) is 0.405. The maximum atomic E-state index is 11.5. The molecule has 0 aromatic heterocycles. The Balaban J connectivity index is 3.89. The minimum atomic E-state index is -0.554. The summed E-state index contributed by atoms with van der Waals surface area (Å²) in [6.07, 6.45) is 1.67. The molecule has 0 aromatic carbocycles. The van der Waals surface area contributed by atoms with Crippen LogP contribution in [0.25, 0.3) is 0 Å². The summed E-state index contributed by atoms with van der Waals surface area (Å²) in [5, 5.41) is 2.68. The van der Waals surface area contributed by atoms with Crippen molar-refractivity contribution in [2.45, 2.75) is 32.6 Å². The molecule has 0 radical (unpaired) electrons. The van der Waals surface area contributed by atoms with Gasteiger partial charge in [-0.05, 0) is 20.3 Å². The number of nitrogens with two attached hydrogens (primary N) is 1. The van der Waals surface area contributed by atoms with E-state index in [-0.39, 0.29) is 5.91 Å². The van der Waals surface area contributed by atoms with Crippen molar-refractivity contribution in [1.29, 1.82) is 0 Å². The van der Waals surface area contributed by atoms with Crippen LogP contribution in [-0.4, -0.2) is 38.0 Å². The van der Waals surface area contributed by atoms with E-state index in [4.69, 9.17) is 15.2 Å². The summed E-state index contributed by atoms with van der Waals surface area (Å²) in [7, 11) is 0. The average Bonchev–Trinajstić information content (AvgIpc) is 2.26. The SMILES string of the molecule is C=CCC(N)C(=O)NCC(OCC)OCC. The van der Waals surface area contributed by atoms with Gasteiger partial charge in [0, 0.05) is 13.2 Å². The molecule has 16 heavy (non-hydrogen) atoms. The molecule has 5 heteroatoms. The van der Waals surface area contributed by atoms with Gasteiger partial charge in [-0.25, -0.2) is 0 Å². The van der Waals surface area contributed by atoms with Gasteiger partial charge in [0.15, 0.2) is 6.29 Å². The summed E-state index contributed by atoms with van der Waals surface area (Å²) in [4.78, 5) is 11.5. The molecule has 5 nitrogen and oxygen atoms in total. The number of hydrogen-bond donors (Lipinski definition) is 2. The Morgan fingerprint density at radius 3 is 2.44 bits per heavy atom. The van der Waals surface area contributed by atoms with Crippen LogP contribution in [0.2, 0.25) is 0 Å². The van der Waals surface area contributed by atoms with E-state index in [0.29, 0.717) is 26.2 Å². The largest absolute Gasteiger partial charge is 0.351 e. The van der Waals surface area contributed by atoms with Crippen molar-refractivity contribution >= 4 is 5.91 Å². The summed E-state index contributed by atoms with van der Waals surface area (Å²) in [6.45, 7) is 8.67. The Kier molecular flexibility index (Phi) is 8.80. The van der Waals surface area contributed by atoms with Crippen molar-refractivity contribution in [2.75, 3.05) is 19.8 Å². The maximum Gasteiger partial charge on any atom is 0.237 e. The predicted molar refractivity (Wildman–Crippen MR) is 62.8 cm³/mol. The van der Waals surface area contributed by atoms with Gasteiger partial charge in [0.25, 0.3) is 0 Å². The van der Waals surface area contributed by atoms with Gasteiger partial charge >= 0.3 is 0 Å². The Hall–Kier alpha value is -0.910. The second kappa shape index (κ2) is 9.33. The first-order chi connectivity index (χ1) is 7.65. The molecule has 0 aliphatic heterocycles. The van der Waals surface area contributed by atoms with Crippen LogP contribution < -0.4 is 11.1 Å². The molecule has 0 saturated carbocycles. The number of hydrogen-bond acceptors (Lipinski definition) is 4. The number of amides is 1. The number of ether oxygens (including phenoxy) is 2. The fourth-order valence-electron chi connectivity index (χ4n) is 1.14. The molecule has 0 rings (SSSR count). The smallest absolute Gasteiger partial charge is 0.237 e. The zero-order valence-corrected chi connectivity index (χ0v) is 10.1. The van der Waals surface area contributed by atoms with E-state index in [1.807, 2.05) is 13.8 Å². The topological polar surface area (TPSA) is 73.6 Å². The van der Waals surface area contributed by atoms with Gasteiger partial charge in [-0.3, -0.25) is 4.79 Å². The molecule has 0 bridgehead atoms. The third kappa shape index (κ3) is 6.55. The van der Waals surface area contributed by atoms with Crippen LogP contribution in [-0.2, 0) is 14.3 Å². The Bertz CT molecular complexity index is 203. The second-order valence-corrected chi connectivity index (χ2v) is 3.22. The van der Waals surface area contributed by atoms with Gasteiger partial charge in [-0.15, -0.1) is 6.58 Å². The highest BCUT2D eigenvalue weighted by atomic mass is 16.7. The van der Waals surface area contributed by atoms with E-state index < -0.39 is 12.3 Å². The first-order valence-electron chi connectivity index (χ1n) is 5.53. The van der Waals surface area contributed by atoms with E-state index in [1.54, 1.807) is 6.08 Å². The van der Waals surface area contributed by atoms with E-state index in [2.05, 4.69) is 11.9 Å². The normalized spacial score (nSPS) is 12.5. The van der Waals surface area contributed by atoms with Crippen LogP contribution in [0.3, 0.4) is 0 Å². The summed E-state index contributed by atoms with van der Waals surface area (Å²) >= 11 is 0. The molecule has 0 heterocycles. The van der Waals surface area contributed by atoms with Crippen LogP contribution in [0.5, 0.6) is 0 Å². The van der Waals surface area contributed by atoms with Crippen molar-refractivity contribution in [2.24, 2.45) is 5.73 Å². The molecule has 94 valence electrons. The lowest BCUT2D eigenvalue weighted by Crippen LogP contribution is -2.44. The van der Waals surface area contributed by atoms with Gasteiger partial charge < -0.3 is 20.5 Å².